The van der Waals surface area contributed by atoms with Crippen LogP contribution in [0, 0.1) is 0 Å². The van der Waals surface area contributed by atoms with E-state index in [4.69, 9.17) is 5.73 Å². The van der Waals surface area contributed by atoms with Crippen LogP contribution in [0.5, 0.6) is 0 Å². The largest absolute Gasteiger partial charge is 0.465 e. The van der Waals surface area contributed by atoms with Gasteiger partial charge < -0.3 is 10.5 Å². The minimum Gasteiger partial charge on any atom is -0.465 e. The summed E-state index contributed by atoms with van der Waals surface area (Å²) in [7, 11) is 1.23. The lowest BCUT2D eigenvalue weighted by atomic mass is 10.1. The van der Waals surface area contributed by atoms with E-state index in [1.165, 1.54) is 31.4 Å². The third kappa shape index (κ3) is 3.15. The predicted molar refractivity (Wildman–Crippen MR) is 58.0 cm³/mol. The molecule has 0 heterocycles. The molecule has 0 bridgehead atoms. The zero-order valence-corrected chi connectivity index (χ0v) is 9.39. The van der Waals surface area contributed by atoms with Crippen LogP contribution < -0.4 is 5.73 Å². The van der Waals surface area contributed by atoms with Crippen molar-refractivity contribution in [1.82, 2.24) is 0 Å². The minimum atomic E-state index is -3.06. The predicted octanol–water partition coefficient (Wildman–Crippen LogP) is 1.95. The van der Waals surface area contributed by atoms with Crippen LogP contribution in [0.2, 0.25) is 0 Å². The van der Waals surface area contributed by atoms with Gasteiger partial charge in [-0.1, -0.05) is 12.1 Å². The Morgan fingerprint density at radius 1 is 1.38 bits per heavy atom. The summed E-state index contributed by atoms with van der Waals surface area (Å²) >= 11 is 0. The molecule has 0 aliphatic heterocycles. The van der Waals surface area contributed by atoms with Crippen LogP contribution in [-0.2, 0) is 10.7 Å². The van der Waals surface area contributed by atoms with Crippen LogP contribution in [-0.4, -0.2) is 19.6 Å². The van der Waals surface area contributed by atoms with Crippen molar-refractivity contribution >= 4 is 18.4 Å². The summed E-state index contributed by atoms with van der Waals surface area (Å²) in [6.45, 7) is -0.759. The van der Waals surface area contributed by atoms with Gasteiger partial charge in [-0.3, -0.25) is 0 Å². The smallest absolute Gasteiger partial charge is 0.337 e. The maximum Gasteiger partial charge on any atom is 0.337 e. The molecule has 0 unspecified atom stereocenters. The first-order valence-electron chi connectivity index (χ1n) is 4.28. The van der Waals surface area contributed by atoms with Gasteiger partial charge in [0.2, 0.25) is 0 Å². The number of methoxy groups -OCH3 is 1. The Bertz CT molecular complexity index is 354. The first kappa shape index (κ1) is 14.8. The fourth-order valence-corrected chi connectivity index (χ4v) is 1.09. The fraction of sp³-hybridized carbons (Fsp3) is 0.300. The molecule has 1 rings (SSSR count). The second kappa shape index (κ2) is 5.77. The number of rotatable bonds is 3. The Morgan fingerprint density at radius 3 is 2.25 bits per heavy atom. The van der Waals surface area contributed by atoms with Crippen LogP contribution in [0.3, 0.4) is 0 Å². The van der Waals surface area contributed by atoms with Gasteiger partial charge in [-0.15, -0.1) is 12.4 Å². The molecule has 6 heteroatoms. The van der Waals surface area contributed by atoms with E-state index in [0.29, 0.717) is 0 Å². The Labute approximate surface area is 98.0 Å². The van der Waals surface area contributed by atoms with E-state index in [1.54, 1.807) is 0 Å². The summed E-state index contributed by atoms with van der Waals surface area (Å²) < 4.78 is 30.6. The first-order valence-corrected chi connectivity index (χ1v) is 4.28. The summed E-state index contributed by atoms with van der Waals surface area (Å²) in [6.07, 6.45) is 0. The minimum absolute atomic E-state index is 0. The van der Waals surface area contributed by atoms with Gasteiger partial charge in [-0.05, 0) is 12.1 Å². The number of benzene rings is 1. The van der Waals surface area contributed by atoms with Gasteiger partial charge in [0, 0.05) is 5.56 Å². The highest BCUT2D eigenvalue weighted by Crippen LogP contribution is 2.26. The number of carbonyl (C=O) groups is 1. The zero-order valence-electron chi connectivity index (χ0n) is 8.57. The number of nitrogens with two attached hydrogens (primary N) is 1. The van der Waals surface area contributed by atoms with Gasteiger partial charge in [-0.25, -0.2) is 4.79 Å². The third-order valence-electron chi connectivity index (χ3n) is 1.98. The molecule has 1 aromatic carbocycles. The SMILES string of the molecule is COC(=O)c1ccc(C(F)(F)CN)cc1.Cl. The zero-order chi connectivity index (χ0) is 11.5. The monoisotopic (exact) mass is 251 g/mol. The Kier molecular flexibility index (Phi) is 5.33. The average Bonchev–Trinajstić information content (AvgIpc) is 2.28. The molecule has 0 aliphatic carbocycles. The quantitative estimate of drug-likeness (QED) is 0.836. The van der Waals surface area contributed by atoms with E-state index >= 15 is 0 Å². The Hall–Kier alpha value is -1.20. The molecule has 0 saturated heterocycles. The summed E-state index contributed by atoms with van der Waals surface area (Å²) in [5, 5.41) is 0. The molecule has 0 aliphatic rings. The first-order chi connectivity index (χ1) is 7.01. The summed E-state index contributed by atoms with van der Waals surface area (Å²) in [5.74, 6) is -3.62. The molecule has 0 saturated carbocycles. The van der Waals surface area contributed by atoms with Crippen LogP contribution in [0.15, 0.2) is 24.3 Å². The maximum atomic E-state index is 13.1. The average molecular weight is 252 g/mol. The Morgan fingerprint density at radius 2 is 1.88 bits per heavy atom. The van der Waals surface area contributed by atoms with Crippen LogP contribution in [0.4, 0.5) is 8.78 Å². The molecule has 0 aromatic heterocycles. The molecular formula is C10H12ClF2NO2. The highest BCUT2D eigenvalue weighted by atomic mass is 35.5. The van der Waals surface area contributed by atoms with Crippen molar-refractivity contribution in [3.63, 3.8) is 0 Å². The second-order valence-electron chi connectivity index (χ2n) is 2.98. The van der Waals surface area contributed by atoms with Gasteiger partial charge in [0.1, 0.15) is 0 Å². The maximum absolute atomic E-state index is 13.1. The molecule has 90 valence electrons. The van der Waals surface area contributed by atoms with E-state index in [-0.39, 0.29) is 23.5 Å². The number of carbonyl (C=O) groups excluding carboxylic acids is 1. The van der Waals surface area contributed by atoms with Gasteiger partial charge in [0.05, 0.1) is 19.2 Å². The normalized spacial score (nSPS) is 10.5. The molecule has 0 fully saturated rings. The van der Waals surface area contributed by atoms with Crippen molar-refractivity contribution in [3.05, 3.63) is 35.4 Å². The van der Waals surface area contributed by atoms with Gasteiger partial charge in [0.25, 0.3) is 5.92 Å². The topological polar surface area (TPSA) is 52.3 Å². The molecule has 1 aromatic rings. The lowest BCUT2D eigenvalue weighted by Gasteiger charge is -2.13. The molecule has 0 spiro atoms. The second-order valence-corrected chi connectivity index (χ2v) is 2.98. The number of esters is 1. The molecular weight excluding hydrogens is 240 g/mol. The highest BCUT2D eigenvalue weighted by molar-refractivity contribution is 5.89. The van der Waals surface area contributed by atoms with Crippen molar-refractivity contribution in [2.45, 2.75) is 5.92 Å². The van der Waals surface area contributed by atoms with Crippen molar-refractivity contribution in [2.75, 3.05) is 13.7 Å². The molecule has 16 heavy (non-hydrogen) atoms. The number of hydrogen-bond donors (Lipinski definition) is 1. The van der Waals surface area contributed by atoms with Gasteiger partial charge >= 0.3 is 5.97 Å². The van der Waals surface area contributed by atoms with Gasteiger partial charge in [-0.2, -0.15) is 8.78 Å². The number of ether oxygens (including phenoxy) is 1. The van der Waals surface area contributed by atoms with Crippen molar-refractivity contribution in [2.24, 2.45) is 5.73 Å². The summed E-state index contributed by atoms with van der Waals surface area (Å²) in [4.78, 5) is 11.0. The molecule has 0 atom stereocenters. The van der Waals surface area contributed by atoms with Crippen molar-refractivity contribution in [1.29, 1.82) is 0 Å². The highest BCUT2D eigenvalue weighted by Gasteiger charge is 2.29. The Balaban J connectivity index is 0.00000225. The van der Waals surface area contributed by atoms with E-state index in [2.05, 4.69) is 4.74 Å². The lowest BCUT2D eigenvalue weighted by molar-refractivity contribution is 0.00588. The van der Waals surface area contributed by atoms with E-state index in [0.717, 1.165) is 0 Å². The van der Waals surface area contributed by atoms with E-state index in [9.17, 15) is 13.6 Å². The fourth-order valence-electron chi connectivity index (χ4n) is 1.09. The van der Waals surface area contributed by atoms with Crippen LogP contribution in [0.25, 0.3) is 0 Å². The summed E-state index contributed by atoms with van der Waals surface area (Å²) in [6, 6.07) is 4.90. The summed E-state index contributed by atoms with van der Waals surface area (Å²) in [5.41, 5.74) is 4.94. The molecule has 3 nitrogen and oxygen atoms in total. The number of halogens is 3. The van der Waals surface area contributed by atoms with Gasteiger partial charge in [0.15, 0.2) is 0 Å². The third-order valence-corrected chi connectivity index (χ3v) is 1.98. The molecule has 0 amide bonds. The van der Waals surface area contributed by atoms with E-state index < -0.39 is 18.4 Å². The lowest BCUT2D eigenvalue weighted by Crippen LogP contribution is -2.25. The molecule has 2 N–H and O–H groups in total. The van der Waals surface area contributed by atoms with Crippen molar-refractivity contribution in [3.8, 4) is 0 Å². The number of hydrogen-bond acceptors (Lipinski definition) is 3. The van der Waals surface area contributed by atoms with Crippen LogP contribution in [0.1, 0.15) is 15.9 Å². The molecule has 0 radical (unpaired) electrons. The number of alkyl halides is 2. The van der Waals surface area contributed by atoms with Crippen LogP contribution >= 0.6 is 12.4 Å². The van der Waals surface area contributed by atoms with Crippen molar-refractivity contribution < 1.29 is 18.3 Å². The van der Waals surface area contributed by atoms with E-state index in [1.807, 2.05) is 0 Å². The standard InChI is InChI=1S/C10H11F2NO2.ClH/c1-15-9(14)7-2-4-8(5-3-7)10(11,12)6-13;/h2-5H,6,13H2,1H3;1H.